The van der Waals surface area contributed by atoms with Gasteiger partial charge in [0.25, 0.3) is 0 Å². The summed E-state index contributed by atoms with van der Waals surface area (Å²) in [7, 11) is 0. The summed E-state index contributed by atoms with van der Waals surface area (Å²) in [6, 6.07) is 9.57. The van der Waals surface area contributed by atoms with Gasteiger partial charge in [-0.05, 0) is 18.4 Å². The number of allylic oxidation sites excluding steroid dienone is 2. The molecule has 2 heteroatoms. The zero-order chi connectivity index (χ0) is 12.1. The third-order valence-electron chi connectivity index (χ3n) is 3.22. The second kappa shape index (κ2) is 5.30. The first kappa shape index (κ1) is 12.1. The lowest BCUT2D eigenvalue weighted by molar-refractivity contribution is 0.102. The molecule has 90 valence electrons. The molecule has 0 heterocycles. The number of hydrogen-bond donors (Lipinski definition) is 2. The molecular formula is C15H18O2. The normalized spacial score (nSPS) is 19.2. The lowest BCUT2D eigenvalue weighted by atomic mass is 9.79. The van der Waals surface area contributed by atoms with Crippen molar-refractivity contribution < 1.29 is 10.2 Å². The maximum absolute atomic E-state index is 10.2. The maximum atomic E-state index is 10.2. The van der Waals surface area contributed by atoms with Crippen molar-refractivity contribution in [1.29, 1.82) is 0 Å². The van der Waals surface area contributed by atoms with Gasteiger partial charge in [0.05, 0.1) is 12.7 Å². The average molecular weight is 230 g/mol. The van der Waals surface area contributed by atoms with Gasteiger partial charge < -0.3 is 10.2 Å². The van der Waals surface area contributed by atoms with Crippen molar-refractivity contribution in [3.63, 3.8) is 0 Å². The van der Waals surface area contributed by atoms with Crippen LogP contribution in [-0.2, 0) is 0 Å². The maximum Gasteiger partial charge on any atom is 0.0802 e. The molecule has 0 aliphatic heterocycles. The number of benzene rings is 1. The van der Waals surface area contributed by atoms with Gasteiger partial charge in [0.1, 0.15) is 0 Å². The molecule has 0 amide bonds. The van der Waals surface area contributed by atoms with E-state index in [0.717, 1.165) is 12.0 Å². The Morgan fingerprint density at radius 1 is 1.12 bits per heavy atom. The highest BCUT2D eigenvalue weighted by Crippen LogP contribution is 2.35. The minimum Gasteiger partial charge on any atom is -0.395 e. The molecule has 2 N–H and O–H groups in total. The highest BCUT2D eigenvalue weighted by molar-refractivity contribution is 5.22. The molecule has 0 spiro atoms. The van der Waals surface area contributed by atoms with Crippen LogP contribution in [0.4, 0.5) is 0 Å². The van der Waals surface area contributed by atoms with Crippen LogP contribution in [-0.4, -0.2) is 16.8 Å². The Morgan fingerprint density at radius 2 is 1.76 bits per heavy atom. The van der Waals surface area contributed by atoms with Crippen molar-refractivity contribution in [1.82, 2.24) is 0 Å². The SMILES string of the molecule is OCC1(C[C@@H](O)c2ccccc2)C=CCC=C1. The van der Waals surface area contributed by atoms with Gasteiger partial charge in [0.2, 0.25) is 0 Å². The Balaban J connectivity index is 2.12. The summed E-state index contributed by atoms with van der Waals surface area (Å²) in [5.74, 6) is 0. The third kappa shape index (κ3) is 2.84. The third-order valence-corrected chi connectivity index (χ3v) is 3.22. The van der Waals surface area contributed by atoms with Crippen molar-refractivity contribution in [3.8, 4) is 0 Å². The summed E-state index contributed by atoms with van der Waals surface area (Å²) in [4.78, 5) is 0. The minimum atomic E-state index is -0.546. The molecule has 1 aliphatic rings. The smallest absolute Gasteiger partial charge is 0.0802 e. The van der Waals surface area contributed by atoms with E-state index in [1.807, 2.05) is 54.6 Å². The van der Waals surface area contributed by atoms with Crippen LogP contribution in [0, 0.1) is 5.41 Å². The molecule has 0 fully saturated rings. The zero-order valence-corrected chi connectivity index (χ0v) is 9.79. The molecule has 1 aromatic rings. The molecule has 2 rings (SSSR count). The highest BCUT2D eigenvalue weighted by atomic mass is 16.3. The van der Waals surface area contributed by atoms with Gasteiger partial charge in [-0.25, -0.2) is 0 Å². The van der Waals surface area contributed by atoms with E-state index in [-0.39, 0.29) is 6.61 Å². The first-order chi connectivity index (χ1) is 8.26. The number of rotatable bonds is 4. The predicted octanol–water partition coefficient (Wildman–Crippen LogP) is 2.60. The lowest BCUT2D eigenvalue weighted by Gasteiger charge is -2.29. The van der Waals surface area contributed by atoms with E-state index in [2.05, 4.69) is 0 Å². The number of aliphatic hydroxyl groups is 2. The summed E-state index contributed by atoms with van der Waals surface area (Å²) in [5, 5.41) is 19.7. The van der Waals surface area contributed by atoms with E-state index >= 15 is 0 Å². The predicted molar refractivity (Wildman–Crippen MR) is 68.4 cm³/mol. The summed E-state index contributed by atoms with van der Waals surface area (Å²) < 4.78 is 0. The Bertz CT molecular complexity index is 394. The minimum absolute atomic E-state index is 0.0316. The van der Waals surface area contributed by atoms with E-state index in [1.54, 1.807) is 0 Å². The first-order valence-electron chi connectivity index (χ1n) is 5.95. The van der Waals surface area contributed by atoms with Crippen LogP contribution in [0.3, 0.4) is 0 Å². The van der Waals surface area contributed by atoms with E-state index in [4.69, 9.17) is 0 Å². The molecule has 1 aliphatic carbocycles. The van der Waals surface area contributed by atoms with E-state index in [1.165, 1.54) is 0 Å². The summed E-state index contributed by atoms with van der Waals surface area (Å²) in [6.07, 6.45) is 8.94. The Labute approximate surface area is 102 Å². The summed E-state index contributed by atoms with van der Waals surface area (Å²) >= 11 is 0. The van der Waals surface area contributed by atoms with Gasteiger partial charge in [0.15, 0.2) is 0 Å². The van der Waals surface area contributed by atoms with Crippen molar-refractivity contribution in [2.24, 2.45) is 5.41 Å². The fraction of sp³-hybridized carbons (Fsp3) is 0.333. The zero-order valence-electron chi connectivity index (χ0n) is 9.79. The first-order valence-corrected chi connectivity index (χ1v) is 5.95. The van der Waals surface area contributed by atoms with Crippen molar-refractivity contribution in [2.45, 2.75) is 18.9 Å². The Hall–Kier alpha value is -1.38. The lowest BCUT2D eigenvalue weighted by Crippen LogP contribution is -2.24. The molecule has 0 radical (unpaired) electrons. The average Bonchev–Trinajstić information content (AvgIpc) is 2.41. The quantitative estimate of drug-likeness (QED) is 0.781. The van der Waals surface area contributed by atoms with E-state index in [0.29, 0.717) is 6.42 Å². The molecule has 1 aromatic carbocycles. The molecule has 2 nitrogen and oxygen atoms in total. The summed E-state index contributed by atoms with van der Waals surface area (Å²) in [6.45, 7) is 0.0316. The molecule has 0 saturated heterocycles. The van der Waals surface area contributed by atoms with Gasteiger partial charge in [-0.3, -0.25) is 0 Å². The molecule has 0 unspecified atom stereocenters. The molecular weight excluding hydrogens is 212 g/mol. The van der Waals surface area contributed by atoms with E-state index in [9.17, 15) is 10.2 Å². The van der Waals surface area contributed by atoms with Crippen molar-refractivity contribution in [2.75, 3.05) is 6.61 Å². The standard InChI is InChI=1S/C15H18O2/c16-12-15(9-5-2-6-10-15)11-14(17)13-7-3-1-4-8-13/h1,3-10,14,16-17H,2,11-12H2/t14-/m1/s1. The van der Waals surface area contributed by atoms with Crippen LogP contribution >= 0.6 is 0 Å². The van der Waals surface area contributed by atoms with Crippen molar-refractivity contribution >= 4 is 0 Å². The second-order valence-corrected chi connectivity index (χ2v) is 4.56. The number of hydrogen-bond acceptors (Lipinski definition) is 2. The van der Waals surface area contributed by atoms with Crippen LogP contribution in [0.25, 0.3) is 0 Å². The van der Waals surface area contributed by atoms with Gasteiger partial charge in [-0.15, -0.1) is 0 Å². The van der Waals surface area contributed by atoms with Crippen molar-refractivity contribution in [3.05, 3.63) is 60.2 Å². The van der Waals surface area contributed by atoms with Crippen LogP contribution < -0.4 is 0 Å². The monoisotopic (exact) mass is 230 g/mol. The molecule has 17 heavy (non-hydrogen) atoms. The van der Waals surface area contributed by atoms with Crippen LogP contribution in [0.15, 0.2) is 54.6 Å². The van der Waals surface area contributed by atoms with Gasteiger partial charge in [-0.2, -0.15) is 0 Å². The van der Waals surface area contributed by atoms with Gasteiger partial charge in [0, 0.05) is 5.41 Å². The topological polar surface area (TPSA) is 40.5 Å². The molecule has 0 aromatic heterocycles. The molecule has 1 atom stereocenters. The van der Waals surface area contributed by atoms with Crippen LogP contribution in [0.2, 0.25) is 0 Å². The van der Waals surface area contributed by atoms with Crippen LogP contribution in [0.1, 0.15) is 24.5 Å². The molecule has 0 saturated carbocycles. The van der Waals surface area contributed by atoms with Crippen LogP contribution in [0.5, 0.6) is 0 Å². The number of aliphatic hydroxyl groups excluding tert-OH is 2. The van der Waals surface area contributed by atoms with Gasteiger partial charge in [-0.1, -0.05) is 54.6 Å². The fourth-order valence-electron chi connectivity index (χ4n) is 2.20. The van der Waals surface area contributed by atoms with E-state index < -0.39 is 11.5 Å². The Morgan fingerprint density at radius 3 is 2.35 bits per heavy atom. The fourth-order valence-corrected chi connectivity index (χ4v) is 2.20. The molecule has 0 bridgehead atoms. The highest BCUT2D eigenvalue weighted by Gasteiger charge is 2.28. The van der Waals surface area contributed by atoms with Gasteiger partial charge >= 0.3 is 0 Å². The Kier molecular flexibility index (Phi) is 3.77. The largest absolute Gasteiger partial charge is 0.395 e. The summed E-state index contributed by atoms with van der Waals surface area (Å²) in [5.41, 5.74) is 0.487. The second-order valence-electron chi connectivity index (χ2n) is 4.56.